The molecule has 2 aromatic carbocycles. The number of ether oxygens (including phenoxy) is 2. The highest BCUT2D eigenvalue weighted by molar-refractivity contribution is 9.10. The van der Waals surface area contributed by atoms with Gasteiger partial charge in [-0.05, 0) is 70.4 Å². The van der Waals surface area contributed by atoms with Gasteiger partial charge in [0.25, 0.3) is 0 Å². The highest BCUT2D eigenvalue weighted by atomic mass is 79.9. The van der Waals surface area contributed by atoms with Crippen molar-refractivity contribution < 1.29 is 14.3 Å². The molecule has 0 radical (unpaired) electrons. The van der Waals surface area contributed by atoms with Crippen LogP contribution in [-0.2, 0) is 13.0 Å². The number of rotatable bonds is 8. The molecule has 0 atom stereocenters. The molecule has 0 aliphatic rings. The number of hydrogen-bond donors (Lipinski definition) is 0. The smallest absolute Gasteiger partial charge is 0.195 e. The zero-order valence-electron chi connectivity index (χ0n) is 15.8. The summed E-state index contributed by atoms with van der Waals surface area (Å²) < 4.78 is 12.3. The number of methoxy groups -OCH3 is 1. The first-order valence-electron chi connectivity index (χ1n) is 8.96. The molecule has 0 aliphatic heterocycles. The fourth-order valence-electron chi connectivity index (χ4n) is 2.69. The van der Waals surface area contributed by atoms with E-state index in [2.05, 4.69) is 22.9 Å². The first kappa shape index (κ1) is 20.4. The number of carbonyl (C=O) groups is 1. The molecule has 144 valence electrons. The second-order valence-electron chi connectivity index (χ2n) is 6.11. The number of aryl methyl sites for hydroxylation is 1. The molecule has 0 saturated heterocycles. The van der Waals surface area contributed by atoms with Crippen LogP contribution in [0.4, 0.5) is 0 Å². The molecule has 0 unspecified atom stereocenters. The predicted octanol–water partition coefficient (Wildman–Crippen LogP) is 6.56. The van der Waals surface area contributed by atoms with E-state index >= 15 is 0 Å². The van der Waals surface area contributed by atoms with Crippen molar-refractivity contribution in [2.24, 2.45) is 0 Å². The molecule has 5 heteroatoms. The van der Waals surface area contributed by atoms with Gasteiger partial charge in [-0.25, -0.2) is 0 Å². The number of ketones is 1. The zero-order chi connectivity index (χ0) is 19.9. The molecule has 3 rings (SSSR count). The Balaban J connectivity index is 1.74. The zero-order valence-corrected chi connectivity index (χ0v) is 18.2. The second-order valence-corrected chi connectivity index (χ2v) is 8.13. The van der Waals surface area contributed by atoms with Crippen molar-refractivity contribution in [1.29, 1.82) is 0 Å². The Kier molecular flexibility index (Phi) is 7.06. The topological polar surface area (TPSA) is 35.5 Å². The number of benzene rings is 2. The van der Waals surface area contributed by atoms with Gasteiger partial charge in [-0.3, -0.25) is 4.79 Å². The monoisotopic (exact) mass is 456 g/mol. The maximum Gasteiger partial charge on any atom is 0.195 e. The molecule has 0 saturated carbocycles. The van der Waals surface area contributed by atoms with Crippen molar-refractivity contribution in [3.8, 4) is 11.5 Å². The lowest BCUT2D eigenvalue weighted by Crippen LogP contribution is -2.00. The summed E-state index contributed by atoms with van der Waals surface area (Å²) in [7, 11) is 1.64. The van der Waals surface area contributed by atoms with E-state index in [-0.39, 0.29) is 5.78 Å². The molecule has 28 heavy (non-hydrogen) atoms. The maximum atomic E-state index is 12.4. The summed E-state index contributed by atoms with van der Waals surface area (Å²) in [6, 6.07) is 17.4. The largest absolute Gasteiger partial charge is 0.496 e. The second kappa shape index (κ2) is 9.71. The lowest BCUT2D eigenvalue weighted by Gasteiger charge is -2.12. The van der Waals surface area contributed by atoms with Crippen LogP contribution in [0.5, 0.6) is 11.5 Å². The fraction of sp³-hybridized carbons (Fsp3) is 0.174. The van der Waals surface area contributed by atoms with E-state index in [1.165, 1.54) is 4.88 Å². The quantitative estimate of drug-likeness (QED) is 0.284. The van der Waals surface area contributed by atoms with E-state index < -0.39 is 0 Å². The molecule has 0 N–H and O–H groups in total. The van der Waals surface area contributed by atoms with Crippen molar-refractivity contribution in [3.05, 3.63) is 86.0 Å². The van der Waals surface area contributed by atoms with Crippen molar-refractivity contribution in [3.63, 3.8) is 0 Å². The van der Waals surface area contributed by atoms with Crippen LogP contribution in [0.15, 0.2) is 65.1 Å². The van der Waals surface area contributed by atoms with Gasteiger partial charge in [0.1, 0.15) is 18.1 Å². The first-order valence-corrected chi connectivity index (χ1v) is 10.6. The number of halogens is 1. The number of para-hydroxylation sites is 1. The van der Waals surface area contributed by atoms with Gasteiger partial charge in [-0.1, -0.05) is 31.2 Å². The SMILES string of the molecule is CCc1ccc(C(=O)/C=C/c2ccc(OC)c(COc3ccccc3Br)c2)s1. The van der Waals surface area contributed by atoms with Gasteiger partial charge in [0, 0.05) is 10.4 Å². The Labute approximate surface area is 177 Å². The predicted molar refractivity (Wildman–Crippen MR) is 119 cm³/mol. The van der Waals surface area contributed by atoms with Crippen LogP contribution < -0.4 is 9.47 Å². The summed E-state index contributed by atoms with van der Waals surface area (Å²) in [5.41, 5.74) is 1.84. The number of hydrogen-bond acceptors (Lipinski definition) is 4. The van der Waals surface area contributed by atoms with Crippen molar-refractivity contribution >= 4 is 39.1 Å². The molecule has 3 aromatic rings. The Morgan fingerprint density at radius 3 is 2.64 bits per heavy atom. The van der Waals surface area contributed by atoms with Gasteiger partial charge in [-0.15, -0.1) is 11.3 Å². The van der Waals surface area contributed by atoms with Gasteiger partial charge in [-0.2, -0.15) is 0 Å². The molecule has 3 nitrogen and oxygen atoms in total. The Morgan fingerprint density at radius 2 is 1.93 bits per heavy atom. The number of carbonyl (C=O) groups excluding carboxylic acids is 1. The van der Waals surface area contributed by atoms with E-state index in [0.717, 1.165) is 38.4 Å². The Bertz CT molecular complexity index is 991. The number of thiophene rings is 1. The average molecular weight is 457 g/mol. The highest BCUT2D eigenvalue weighted by Crippen LogP contribution is 2.27. The summed E-state index contributed by atoms with van der Waals surface area (Å²) in [5.74, 6) is 1.54. The van der Waals surface area contributed by atoms with Crippen molar-refractivity contribution in [2.45, 2.75) is 20.0 Å². The van der Waals surface area contributed by atoms with Gasteiger partial charge in [0.05, 0.1) is 16.5 Å². The third-order valence-electron chi connectivity index (χ3n) is 4.20. The minimum Gasteiger partial charge on any atom is -0.496 e. The molecule has 1 aromatic heterocycles. The minimum atomic E-state index is 0.0199. The molecule has 0 aliphatic carbocycles. The maximum absolute atomic E-state index is 12.4. The first-order chi connectivity index (χ1) is 13.6. The van der Waals surface area contributed by atoms with Crippen LogP contribution in [0.1, 0.15) is 32.6 Å². The highest BCUT2D eigenvalue weighted by Gasteiger charge is 2.08. The summed E-state index contributed by atoms with van der Waals surface area (Å²) in [4.78, 5) is 14.4. The molecule has 0 bridgehead atoms. The molecular weight excluding hydrogens is 436 g/mol. The van der Waals surface area contributed by atoms with Crippen LogP contribution in [0.25, 0.3) is 6.08 Å². The summed E-state index contributed by atoms with van der Waals surface area (Å²) in [5, 5.41) is 0. The molecule has 0 amide bonds. The van der Waals surface area contributed by atoms with Crippen LogP contribution >= 0.6 is 27.3 Å². The van der Waals surface area contributed by atoms with E-state index in [9.17, 15) is 4.79 Å². The lowest BCUT2D eigenvalue weighted by atomic mass is 10.1. The standard InChI is InChI=1S/C23H21BrO3S/c1-3-18-10-13-23(28-18)20(25)11-8-16-9-12-21(26-2)17(14-16)15-27-22-7-5-4-6-19(22)24/h4-14H,3,15H2,1-2H3/b11-8+. The normalized spacial score (nSPS) is 11.0. The van der Waals surface area contributed by atoms with Gasteiger partial charge < -0.3 is 9.47 Å². The van der Waals surface area contributed by atoms with Crippen LogP contribution in [0.3, 0.4) is 0 Å². The Hall–Kier alpha value is -2.37. The summed E-state index contributed by atoms with van der Waals surface area (Å²) in [6.45, 7) is 2.46. The molecule has 0 fully saturated rings. The van der Waals surface area contributed by atoms with Crippen LogP contribution in [0.2, 0.25) is 0 Å². The van der Waals surface area contributed by atoms with E-state index in [1.54, 1.807) is 24.5 Å². The lowest BCUT2D eigenvalue weighted by molar-refractivity contribution is 0.105. The van der Waals surface area contributed by atoms with Crippen LogP contribution in [-0.4, -0.2) is 12.9 Å². The Morgan fingerprint density at radius 1 is 1.11 bits per heavy atom. The third-order valence-corrected chi connectivity index (χ3v) is 6.10. The average Bonchev–Trinajstić information content (AvgIpc) is 3.21. The fourth-order valence-corrected chi connectivity index (χ4v) is 3.95. The third kappa shape index (κ3) is 5.12. The molecule has 1 heterocycles. The summed E-state index contributed by atoms with van der Waals surface area (Å²) in [6.07, 6.45) is 4.39. The molecule has 0 spiro atoms. The number of allylic oxidation sites excluding steroid dienone is 1. The van der Waals surface area contributed by atoms with Crippen molar-refractivity contribution in [2.75, 3.05) is 7.11 Å². The van der Waals surface area contributed by atoms with Gasteiger partial charge in [0.15, 0.2) is 5.78 Å². The van der Waals surface area contributed by atoms with Gasteiger partial charge in [0.2, 0.25) is 0 Å². The molecular formula is C23H21BrO3S. The summed E-state index contributed by atoms with van der Waals surface area (Å²) >= 11 is 5.03. The van der Waals surface area contributed by atoms with Gasteiger partial charge >= 0.3 is 0 Å². The van der Waals surface area contributed by atoms with E-state index in [1.807, 2.05) is 60.7 Å². The van der Waals surface area contributed by atoms with Crippen LogP contribution in [0, 0.1) is 0 Å². The minimum absolute atomic E-state index is 0.0199. The van der Waals surface area contributed by atoms with Crippen molar-refractivity contribution in [1.82, 2.24) is 0 Å². The van der Waals surface area contributed by atoms with E-state index in [4.69, 9.17) is 9.47 Å². The van der Waals surface area contributed by atoms with E-state index in [0.29, 0.717) is 6.61 Å².